The second kappa shape index (κ2) is 9.09. The van der Waals surface area contributed by atoms with Crippen LogP contribution in [0.1, 0.15) is 24.9 Å². The van der Waals surface area contributed by atoms with Gasteiger partial charge in [-0.05, 0) is 18.2 Å². The summed E-state index contributed by atoms with van der Waals surface area (Å²) in [6, 6.07) is 10.5. The van der Waals surface area contributed by atoms with Gasteiger partial charge >= 0.3 is 0 Å². The van der Waals surface area contributed by atoms with Crippen LogP contribution in [-0.2, 0) is 4.79 Å². The van der Waals surface area contributed by atoms with Gasteiger partial charge in [0.2, 0.25) is 5.95 Å². The molecule has 2 heterocycles. The van der Waals surface area contributed by atoms with Crippen molar-refractivity contribution in [3.63, 3.8) is 0 Å². The second-order valence-corrected chi connectivity index (χ2v) is 7.34. The molecular formula is C19H25BrN5O+. The molecule has 7 heteroatoms. The summed E-state index contributed by atoms with van der Waals surface area (Å²) in [6.07, 6.45) is 4.50. The van der Waals surface area contributed by atoms with Crippen LogP contribution in [-0.4, -0.2) is 53.5 Å². The molecule has 1 aromatic carbocycles. The quantitative estimate of drug-likeness (QED) is 0.773. The number of hydrogen-bond acceptors (Lipinski definition) is 4. The van der Waals surface area contributed by atoms with Crippen molar-refractivity contribution in [1.82, 2.24) is 14.9 Å². The van der Waals surface area contributed by atoms with E-state index < -0.39 is 0 Å². The number of halogens is 1. The lowest BCUT2D eigenvalue weighted by molar-refractivity contribution is -0.686. The number of nitrogens with zero attached hydrogens (tertiary/aromatic N) is 4. The summed E-state index contributed by atoms with van der Waals surface area (Å²) in [6.45, 7) is 5.64. The van der Waals surface area contributed by atoms with Crippen molar-refractivity contribution in [1.29, 1.82) is 0 Å². The summed E-state index contributed by atoms with van der Waals surface area (Å²) in [4.78, 5) is 25.2. The number of amides is 1. The molecule has 1 aliphatic rings. The van der Waals surface area contributed by atoms with E-state index in [1.165, 1.54) is 5.56 Å². The van der Waals surface area contributed by atoms with E-state index in [-0.39, 0.29) is 5.91 Å². The first-order chi connectivity index (χ1) is 12.7. The van der Waals surface area contributed by atoms with E-state index in [0.717, 1.165) is 43.0 Å². The molecule has 26 heavy (non-hydrogen) atoms. The largest absolute Gasteiger partial charge is 0.337 e. The van der Waals surface area contributed by atoms with Crippen molar-refractivity contribution in [3.8, 4) is 0 Å². The topological polar surface area (TPSA) is 65.9 Å². The van der Waals surface area contributed by atoms with Gasteiger partial charge in [-0.15, -0.1) is 0 Å². The number of hydrogen-bond donors (Lipinski definition) is 1. The van der Waals surface area contributed by atoms with Gasteiger partial charge in [-0.1, -0.05) is 35.0 Å². The van der Waals surface area contributed by atoms with Gasteiger partial charge in [-0.2, -0.15) is 0 Å². The number of carbonyl (C=O) groups excluding carboxylic acids is 1. The van der Waals surface area contributed by atoms with Gasteiger partial charge in [0.15, 0.2) is 6.54 Å². The molecule has 2 N–H and O–H groups in total. The maximum atomic E-state index is 12.6. The highest BCUT2D eigenvalue weighted by Crippen LogP contribution is 2.16. The Balaban J connectivity index is 1.48. The highest BCUT2D eigenvalue weighted by Gasteiger charge is 2.24. The fourth-order valence-corrected chi connectivity index (χ4v) is 3.50. The lowest BCUT2D eigenvalue weighted by Crippen LogP contribution is -2.87. The molecule has 6 nitrogen and oxygen atoms in total. The van der Waals surface area contributed by atoms with Crippen LogP contribution in [0.3, 0.4) is 0 Å². The van der Waals surface area contributed by atoms with Gasteiger partial charge in [0.1, 0.15) is 6.04 Å². The Kier molecular flexibility index (Phi) is 6.57. The molecule has 1 amide bonds. The molecule has 1 aromatic heterocycles. The lowest BCUT2D eigenvalue weighted by Gasteiger charge is -2.34. The summed E-state index contributed by atoms with van der Waals surface area (Å²) in [5.41, 5.74) is 1.26. The van der Waals surface area contributed by atoms with Crippen molar-refractivity contribution in [2.75, 3.05) is 37.6 Å². The van der Waals surface area contributed by atoms with Gasteiger partial charge < -0.3 is 15.1 Å². The fourth-order valence-electron chi connectivity index (χ4n) is 3.23. The number of piperazine rings is 1. The third kappa shape index (κ3) is 4.80. The number of anilines is 1. The first kappa shape index (κ1) is 18.8. The molecule has 1 aliphatic heterocycles. The highest BCUT2D eigenvalue weighted by molar-refractivity contribution is 9.10. The standard InChI is InChI=1S/C19H24BrN5O/c1-2-17(15-4-6-16(20)7-5-15)23-14-18(26)24-10-12-25(13-11-24)19-21-8-3-9-22-19/h3-9,17,23H,2,10-14H2,1H3/p+1/t17-/m1/s1. The predicted octanol–water partition coefficient (Wildman–Crippen LogP) is 1.60. The molecule has 0 radical (unpaired) electrons. The molecule has 0 spiro atoms. The van der Waals surface area contributed by atoms with Crippen molar-refractivity contribution >= 4 is 27.8 Å². The van der Waals surface area contributed by atoms with Crippen LogP contribution in [0.15, 0.2) is 47.2 Å². The zero-order valence-electron chi connectivity index (χ0n) is 15.0. The van der Waals surface area contributed by atoms with Crippen LogP contribution >= 0.6 is 15.9 Å². The molecule has 0 bridgehead atoms. The molecule has 1 atom stereocenters. The van der Waals surface area contributed by atoms with Crippen LogP contribution in [0, 0.1) is 0 Å². The van der Waals surface area contributed by atoms with E-state index in [4.69, 9.17) is 0 Å². The Morgan fingerprint density at radius 2 is 1.81 bits per heavy atom. The normalized spacial score (nSPS) is 15.8. The molecule has 1 saturated heterocycles. The molecule has 0 unspecified atom stereocenters. The summed E-state index contributed by atoms with van der Waals surface area (Å²) >= 11 is 3.47. The first-order valence-electron chi connectivity index (χ1n) is 9.06. The summed E-state index contributed by atoms with van der Waals surface area (Å²) in [5.74, 6) is 0.946. The number of nitrogens with two attached hydrogens (primary N) is 1. The molecule has 0 aliphatic carbocycles. The zero-order chi connectivity index (χ0) is 18.4. The van der Waals surface area contributed by atoms with E-state index in [1.807, 2.05) is 11.0 Å². The SMILES string of the molecule is CC[C@@H]([NH2+]CC(=O)N1CCN(c2ncccn2)CC1)c1ccc(Br)cc1. The second-order valence-electron chi connectivity index (χ2n) is 6.42. The fraction of sp³-hybridized carbons (Fsp3) is 0.421. The monoisotopic (exact) mass is 418 g/mol. The minimum absolute atomic E-state index is 0.203. The van der Waals surface area contributed by atoms with E-state index in [0.29, 0.717) is 12.6 Å². The highest BCUT2D eigenvalue weighted by atomic mass is 79.9. The van der Waals surface area contributed by atoms with Crippen molar-refractivity contribution in [3.05, 3.63) is 52.8 Å². The van der Waals surface area contributed by atoms with E-state index >= 15 is 0 Å². The average molecular weight is 419 g/mol. The number of rotatable bonds is 6. The molecular weight excluding hydrogens is 394 g/mol. The van der Waals surface area contributed by atoms with Gasteiger partial charge in [-0.3, -0.25) is 4.79 Å². The minimum atomic E-state index is 0.203. The van der Waals surface area contributed by atoms with Crippen molar-refractivity contribution in [2.24, 2.45) is 0 Å². The number of quaternary nitrogens is 1. The Morgan fingerprint density at radius 1 is 1.15 bits per heavy atom. The molecule has 138 valence electrons. The Morgan fingerprint density at radius 3 is 2.42 bits per heavy atom. The molecule has 0 saturated carbocycles. The smallest absolute Gasteiger partial charge is 0.277 e. The number of aromatic nitrogens is 2. The van der Waals surface area contributed by atoms with Gasteiger partial charge in [-0.25, -0.2) is 9.97 Å². The van der Waals surface area contributed by atoms with Crippen molar-refractivity contribution in [2.45, 2.75) is 19.4 Å². The van der Waals surface area contributed by atoms with E-state index in [2.05, 4.69) is 67.3 Å². The molecule has 2 aromatic rings. The number of benzene rings is 1. The molecule has 3 rings (SSSR count). The van der Waals surface area contributed by atoms with Gasteiger partial charge in [0.25, 0.3) is 5.91 Å². The molecule has 1 fully saturated rings. The lowest BCUT2D eigenvalue weighted by atomic mass is 10.0. The Bertz CT molecular complexity index is 702. The zero-order valence-corrected chi connectivity index (χ0v) is 16.6. The van der Waals surface area contributed by atoms with E-state index in [1.54, 1.807) is 12.4 Å². The van der Waals surface area contributed by atoms with Crippen molar-refractivity contribution < 1.29 is 10.1 Å². The Hall–Kier alpha value is -1.99. The van der Waals surface area contributed by atoms with Gasteiger partial charge in [0.05, 0.1) is 0 Å². The first-order valence-corrected chi connectivity index (χ1v) is 9.85. The summed E-state index contributed by atoms with van der Waals surface area (Å²) in [5, 5.41) is 2.15. The van der Waals surface area contributed by atoms with Crippen LogP contribution < -0.4 is 10.2 Å². The van der Waals surface area contributed by atoms with Crippen LogP contribution in [0.4, 0.5) is 5.95 Å². The third-order valence-corrected chi connectivity index (χ3v) is 5.31. The maximum absolute atomic E-state index is 12.6. The van der Waals surface area contributed by atoms with E-state index in [9.17, 15) is 4.79 Å². The van der Waals surface area contributed by atoms with Crippen LogP contribution in [0.5, 0.6) is 0 Å². The third-order valence-electron chi connectivity index (χ3n) is 4.78. The predicted molar refractivity (Wildman–Crippen MR) is 105 cm³/mol. The van der Waals surface area contributed by atoms with Crippen LogP contribution in [0.25, 0.3) is 0 Å². The summed E-state index contributed by atoms with van der Waals surface area (Å²) in [7, 11) is 0. The van der Waals surface area contributed by atoms with Crippen LogP contribution in [0.2, 0.25) is 0 Å². The summed E-state index contributed by atoms with van der Waals surface area (Å²) < 4.78 is 1.08. The Labute approximate surface area is 162 Å². The maximum Gasteiger partial charge on any atom is 0.277 e. The number of carbonyl (C=O) groups is 1. The van der Waals surface area contributed by atoms with Gasteiger partial charge in [0, 0.05) is 55.0 Å². The average Bonchev–Trinajstić information content (AvgIpc) is 2.70. The minimum Gasteiger partial charge on any atom is -0.337 e.